The first kappa shape index (κ1) is 23.0. The molecule has 0 radical (unpaired) electrons. The maximum Gasteiger partial charge on any atom is 0.336 e. The van der Waals surface area contributed by atoms with Crippen molar-refractivity contribution >= 4 is 29.3 Å². The van der Waals surface area contributed by atoms with Crippen LogP contribution in [0.5, 0.6) is 5.75 Å². The van der Waals surface area contributed by atoms with Gasteiger partial charge in [-0.2, -0.15) is 0 Å². The minimum absolute atomic E-state index is 0. The number of amides is 1. The summed E-state index contributed by atoms with van der Waals surface area (Å²) in [5.74, 6) is 0.758. The molecule has 0 unspecified atom stereocenters. The Balaban J connectivity index is 0.00000364. The summed E-state index contributed by atoms with van der Waals surface area (Å²) in [5, 5.41) is 3.80. The van der Waals surface area contributed by atoms with Crippen molar-refractivity contribution in [2.45, 2.75) is 33.6 Å². The van der Waals surface area contributed by atoms with Gasteiger partial charge in [0.2, 0.25) is 5.91 Å². The predicted octanol–water partition coefficient (Wildman–Crippen LogP) is 3.14. The van der Waals surface area contributed by atoms with Crippen LogP contribution in [0.1, 0.15) is 32.3 Å². The number of nitrogens with one attached hydrogen (secondary N) is 1. The predicted molar refractivity (Wildman–Crippen MR) is 110 cm³/mol. The third kappa shape index (κ3) is 7.23. The lowest BCUT2D eigenvalue weighted by Crippen LogP contribution is -2.34. The van der Waals surface area contributed by atoms with Gasteiger partial charge in [-0.05, 0) is 50.2 Å². The number of ether oxygens (including phenoxy) is 1. The van der Waals surface area contributed by atoms with E-state index in [1.807, 2.05) is 13.0 Å². The Hall–Kier alpha value is -2.05. The Bertz CT molecular complexity index is 787. The summed E-state index contributed by atoms with van der Waals surface area (Å²) in [6.07, 6.45) is 1.09. The molecule has 0 fully saturated rings. The smallest absolute Gasteiger partial charge is 0.336 e. The zero-order chi connectivity index (χ0) is 18.9. The first-order chi connectivity index (χ1) is 12.5. The molecule has 1 aromatic heterocycles. The van der Waals surface area contributed by atoms with Crippen molar-refractivity contribution in [3.05, 3.63) is 40.2 Å². The van der Waals surface area contributed by atoms with E-state index in [4.69, 9.17) is 9.15 Å². The minimum Gasteiger partial charge on any atom is -0.494 e. The monoisotopic (exact) mass is 396 g/mol. The van der Waals surface area contributed by atoms with Crippen molar-refractivity contribution in [2.24, 2.45) is 0 Å². The van der Waals surface area contributed by atoms with Gasteiger partial charge in [-0.1, -0.05) is 13.8 Å². The highest BCUT2D eigenvalue weighted by Crippen LogP contribution is 2.22. The van der Waals surface area contributed by atoms with Crippen LogP contribution in [-0.2, 0) is 4.79 Å². The Labute approximate surface area is 166 Å². The second-order valence-electron chi connectivity index (χ2n) is 6.24. The highest BCUT2D eigenvalue weighted by molar-refractivity contribution is 5.85. The lowest BCUT2D eigenvalue weighted by atomic mass is 10.1. The Morgan fingerprint density at radius 3 is 2.67 bits per heavy atom. The van der Waals surface area contributed by atoms with Gasteiger partial charge < -0.3 is 19.4 Å². The quantitative estimate of drug-likeness (QED) is 0.493. The van der Waals surface area contributed by atoms with E-state index in [0.717, 1.165) is 30.6 Å². The van der Waals surface area contributed by atoms with Crippen LogP contribution < -0.4 is 15.7 Å². The van der Waals surface area contributed by atoms with Crippen molar-refractivity contribution in [2.75, 3.05) is 32.8 Å². The molecule has 0 bridgehead atoms. The first-order valence-electron chi connectivity index (χ1n) is 9.19. The number of nitrogens with zero attached hydrogens (tertiary/aromatic N) is 1. The lowest BCUT2D eigenvalue weighted by molar-refractivity contribution is -0.121. The molecule has 1 aromatic carbocycles. The van der Waals surface area contributed by atoms with Crippen LogP contribution >= 0.6 is 12.4 Å². The van der Waals surface area contributed by atoms with Crippen LogP contribution in [0.15, 0.2) is 33.5 Å². The molecule has 0 saturated carbocycles. The standard InChI is InChI=1S/C20H28N2O4.ClH/c1-4-22(5-2)11-10-21-19(23)7-6-12-25-16-8-9-18-17(14-16)15(3)13-20(24)26-18;/h8-9,13-14H,4-7,10-12H2,1-3H3,(H,21,23);1H. The fourth-order valence-electron chi connectivity index (χ4n) is 2.79. The number of benzene rings is 1. The number of aryl methyl sites for hydroxylation is 1. The van der Waals surface area contributed by atoms with E-state index in [1.165, 1.54) is 6.07 Å². The molecule has 1 N–H and O–H groups in total. The van der Waals surface area contributed by atoms with Crippen LogP contribution in [0.2, 0.25) is 0 Å². The largest absolute Gasteiger partial charge is 0.494 e. The van der Waals surface area contributed by atoms with E-state index < -0.39 is 0 Å². The molecule has 0 aliphatic heterocycles. The summed E-state index contributed by atoms with van der Waals surface area (Å²) in [5.41, 5.74) is 1.06. The van der Waals surface area contributed by atoms with Crippen molar-refractivity contribution < 1.29 is 13.9 Å². The van der Waals surface area contributed by atoms with E-state index in [2.05, 4.69) is 24.1 Å². The molecule has 2 aromatic rings. The van der Waals surface area contributed by atoms with E-state index in [0.29, 0.717) is 37.3 Å². The molecule has 6 nitrogen and oxygen atoms in total. The number of hydrogen-bond donors (Lipinski definition) is 1. The number of halogens is 1. The van der Waals surface area contributed by atoms with E-state index in [1.54, 1.807) is 12.1 Å². The normalized spacial score (nSPS) is 10.7. The van der Waals surface area contributed by atoms with E-state index in [9.17, 15) is 9.59 Å². The number of rotatable bonds is 10. The summed E-state index contributed by atoms with van der Waals surface area (Å²) >= 11 is 0. The van der Waals surface area contributed by atoms with Gasteiger partial charge in [0.25, 0.3) is 0 Å². The van der Waals surface area contributed by atoms with E-state index in [-0.39, 0.29) is 23.9 Å². The van der Waals surface area contributed by atoms with Crippen molar-refractivity contribution in [1.29, 1.82) is 0 Å². The first-order valence-corrected chi connectivity index (χ1v) is 9.19. The summed E-state index contributed by atoms with van der Waals surface area (Å²) in [6, 6.07) is 6.83. The molecular weight excluding hydrogens is 368 g/mol. The molecule has 150 valence electrons. The summed E-state index contributed by atoms with van der Waals surface area (Å²) < 4.78 is 10.9. The zero-order valence-electron chi connectivity index (χ0n) is 16.2. The molecule has 1 heterocycles. The minimum atomic E-state index is -0.351. The second-order valence-corrected chi connectivity index (χ2v) is 6.24. The average molecular weight is 397 g/mol. The molecule has 0 saturated heterocycles. The zero-order valence-corrected chi connectivity index (χ0v) is 17.1. The van der Waals surface area contributed by atoms with Crippen molar-refractivity contribution in [1.82, 2.24) is 10.2 Å². The maximum absolute atomic E-state index is 11.8. The highest BCUT2D eigenvalue weighted by atomic mass is 35.5. The lowest BCUT2D eigenvalue weighted by Gasteiger charge is -2.17. The Morgan fingerprint density at radius 1 is 1.22 bits per heavy atom. The van der Waals surface area contributed by atoms with Crippen LogP contribution in [-0.4, -0.2) is 43.6 Å². The SMILES string of the molecule is CCN(CC)CCNC(=O)CCCOc1ccc2oc(=O)cc(C)c2c1.Cl. The fraction of sp³-hybridized carbons (Fsp3) is 0.500. The van der Waals surface area contributed by atoms with Crippen LogP contribution in [0.4, 0.5) is 0 Å². The van der Waals surface area contributed by atoms with Gasteiger partial charge in [-0.25, -0.2) is 4.79 Å². The van der Waals surface area contributed by atoms with E-state index >= 15 is 0 Å². The van der Waals surface area contributed by atoms with Crippen LogP contribution in [0, 0.1) is 6.92 Å². The molecule has 0 aliphatic rings. The van der Waals surface area contributed by atoms with Gasteiger partial charge in [0.05, 0.1) is 6.61 Å². The van der Waals surface area contributed by atoms with Crippen LogP contribution in [0.3, 0.4) is 0 Å². The Morgan fingerprint density at radius 2 is 1.96 bits per heavy atom. The third-order valence-electron chi connectivity index (χ3n) is 4.38. The number of fused-ring (bicyclic) bond motifs is 1. The van der Waals surface area contributed by atoms with Gasteiger partial charge in [0.15, 0.2) is 0 Å². The topological polar surface area (TPSA) is 71.8 Å². The molecule has 0 atom stereocenters. The number of carbonyl (C=O) groups excluding carboxylic acids is 1. The third-order valence-corrected chi connectivity index (χ3v) is 4.38. The molecule has 1 amide bonds. The maximum atomic E-state index is 11.8. The molecule has 2 rings (SSSR count). The van der Waals surface area contributed by atoms with Gasteiger partial charge in [0, 0.05) is 31.0 Å². The average Bonchev–Trinajstić information content (AvgIpc) is 2.62. The molecular formula is C20H29ClN2O4. The van der Waals surface area contributed by atoms with Gasteiger partial charge >= 0.3 is 5.63 Å². The second kappa shape index (κ2) is 11.6. The molecule has 0 aliphatic carbocycles. The number of hydrogen-bond acceptors (Lipinski definition) is 5. The number of carbonyl (C=O) groups is 1. The van der Waals surface area contributed by atoms with Crippen LogP contribution in [0.25, 0.3) is 11.0 Å². The molecule has 7 heteroatoms. The summed E-state index contributed by atoms with van der Waals surface area (Å²) in [6.45, 7) is 10.1. The Kier molecular flexibility index (Phi) is 9.89. The van der Waals surface area contributed by atoms with Gasteiger partial charge in [-0.3, -0.25) is 4.79 Å². The fourth-order valence-corrected chi connectivity index (χ4v) is 2.79. The highest BCUT2D eigenvalue weighted by Gasteiger charge is 2.06. The summed E-state index contributed by atoms with van der Waals surface area (Å²) in [4.78, 5) is 25.5. The van der Waals surface area contributed by atoms with Crippen molar-refractivity contribution in [3.63, 3.8) is 0 Å². The van der Waals surface area contributed by atoms with Gasteiger partial charge in [-0.15, -0.1) is 12.4 Å². The number of likely N-dealkylation sites (N-methyl/N-ethyl adjacent to an activating group) is 1. The van der Waals surface area contributed by atoms with Gasteiger partial charge in [0.1, 0.15) is 11.3 Å². The molecule has 27 heavy (non-hydrogen) atoms. The molecule has 0 spiro atoms. The summed E-state index contributed by atoms with van der Waals surface area (Å²) in [7, 11) is 0. The van der Waals surface area contributed by atoms with Crippen molar-refractivity contribution in [3.8, 4) is 5.75 Å².